The molecular formula is C23H27N5O. The number of likely N-dealkylation sites (tertiary alicyclic amines) is 1. The highest BCUT2D eigenvalue weighted by molar-refractivity contribution is 5.98. The molecule has 1 spiro atoms. The fraction of sp³-hybridized carbons (Fsp3) is 0.435. The fourth-order valence-electron chi connectivity index (χ4n) is 4.82. The molecule has 1 aliphatic carbocycles. The molecule has 150 valence electrons. The molecule has 3 aromatic heterocycles. The van der Waals surface area contributed by atoms with Gasteiger partial charge in [0.2, 0.25) is 0 Å². The van der Waals surface area contributed by atoms with Crippen LogP contribution in [0.15, 0.2) is 36.5 Å². The molecule has 6 heteroatoms. The number of hydrogen-bond donors (Lipinski definition) is 1. The summed E-state index contributed by atoms with van der Waals surface area (Å²) < 4.78 is 0. The molecule has 0 bridgehead atoms. The molecular weight excluding hydrogens is 362 g/mol. The number of amides is 1. The van der Waals surface area contributed by atoms with Crippen molar-refractivity contribution >= 4 is 22.8 Å². The van der Waals surface area contributed by atoms with Crippen LogP contribution in [-0.4, -0.2) is 51.9 Å². The maximum atomic E-state index is 13.2. The van der Waals surface area contributed by atoms with E-state index in [4.69, 9.17) is 4.98 Å². The number of carbonyl (C=O) groups is 1. The van der Waals surface area contributed by atoms with Crippen molar-refractivity contribution in [2.24, 2.45) is 0 Å². The number of hydrogen-bond acceptors (Lipinski definition) is 4. The number of rotatable bonds is 3. The Balaban J connectivity index is 1.41. The lowest BCUT2D eigenvalue weighted by molar-refractivity contribution is -0.0236. The van der Waals surface area contributed by atoms with Gasteiger partial charge in [0, 0.05) is 43.3 Å². The second-order valence-electron chi connectivity index (χ2n) is 8.61. The van der Waals surface area contributed by atoms with E-state index in [1.54, 1.807) is 0 Å². The van der Waals surface area contributed by atoms with Crippen molar-refractivity contribution < 1.29 is 4.79 Å². The second-order valence-corrected chi connectivity index (χ2v) is 8.61. The van der Waals surface area contributed by atoms with Crippen molar-refractivity contribution in [3.05, 3.63) is 42.2 Å². The summed E-state index contributed by atoms with van der Waals surface area (Å²) in [6, 6.07) is 9.97. The van der Waals surface area contributed by atoms with Gasteiger partial charge in [0.25, 0.3) is 5.91 Å². The standard InChI is InChI=1S/C23H27N5O/c1-27(2)20-9-7-17(15-24-20)18-8-6-16-14-19(26-21(16)25-18)22(29)28-13-12-23(28)10-4-3-5-11-23/h6-9,14-15H,3-5,10-13H2,1-2H3,(H,25,26). The zero-order valence-corrected chi connectivity index (χ0v) is 17.1. The quantitative estimate of drug-likeness (QED) is 0.728. The molecule has 0 atom stereocenters. The molecule has 2 aliphatic rings. The molecule has 29 heavy (non-hydrogen) atoms. The minimum Gasteiger partial charge on any atom is -0.363 e. The van der Waals surface area contributed by atoms with Crippen LogP contribution in [0, 0.1) is 0 Å². The first kappa shape index (κ1) is 18.2. The van der Waals surface area contributed by atoms with Crippen LogP contribution in [0.2, 0.25) is 0 Å². The second kappa shape index (κ2) is 6.87. The Hall–Kier alpha value is -2.89. The number of pyridine rings is 2. The number of nitrogens with one attached hydrogen (secondary N) is 1. The van der Waals surface area contributed by atoms with E-state index in [9.17, 15) is 4.79 Å². The van der Waals surface area contributed by atoms with E-state index in [1.165, 1.54) is 19.3 Å². The summed E-state index contributed by atoms with van der Waals surface area (Å²) in [5, 5.41) is 0.966. The highest BCUT2D eigenvalue weighted by Crippen LogP contribution is 2.43. The van der Waals surface area contributed by atoms with Crippen LogP contribution >= 0.6 is 0 Å². The molecule has 1 saturated heterocycles. The van der Waals surface area contributed by atoms with Gasteiger partial charge in [-0.15, -0.1) is 0 Å². The summed E-state index contributed by atoms with van der Waals surface area (Å²) in [4.78, 5) is 29.7. The molecule has 0 unspecified atom stereocenters. The summed E-state index contributed by atoms with van der Waals surface area (Å²) in [5.41, 5.74) is 3.33. The number of nitrogens with zero attached hydrogens (tertiary/aromatic N) is 4. The van der Waals surface area contributed by atoms with Gasteiger partial charge in [-0.1, -0.05) is 19.3 Å². The molecule has 1 amide bonds. The van der Waals surface area contributed by atoms with Crippen molar-refractivity contribution in [1.82, 2.24) is 19.9 Å². The molecule has 3 aromatic rings. The number of carbonyl (C=O) groups excluding carboxylic acids is 1. The third-order valence-corrected chi connectivity index (χ3v) is 6.61. The zero-order chi connectivity index (χ0) is 20.0. The average molecular weight is 390 g/mol. The van der Waals surface area contributed by atoms with Gasteiger partial charge in [-0.2, -0.15) is 0 Å². The Morgan fingerprint density at radius 1 is 1.10 bits per heavy atom. The number of aromatic amines is 1. The van der Waals surface area contributed by atoms with Crippen LogP contribution in [0.25, 0.3) is 22.3 Å². The topological polar surface area (TPSA) is 65.1 Å². The lowest BCUT2D eigenvalue weighted by Gasteiger charge is -2.55. The van der Waals surface area contributed by atoms with Crippen molar-refractivity contribution in [2.45, 2.75) is 44.1 Å². The number of aromatic nitrogens is 3. The minimum absolute atomic E-state index is 0.116. The van der Waals surface area contributed by atoms with Gasteiger partial charge >= 0.3 is 0 Å². The van der Waals surface area contributed by atoms with Gasteiger partial charge in [0.15, 0.2) is 0 Å². The molecule has 6 nitrogen and oxygen atoms in total. The van der Waals surface area contributed by atoms with Gasteiger partial charge in [-0.05, 0) is 49.6 Å². The first-order valence-corrected chi connectivity index (χ1v) is 10.5. The Morgan fingerprint density at radius 2 is 1.93 bits per heavy atom. The van der Waals surface area contributed by atoms with Crippen molar-refractivity contribution in [3.8, 4) is 11.3 Å². The molecule has 1 saturated carbocycles. The van der Waals surface area contributed by atoms with Crippen LogP contribution in [0.5, 0.6) is 0 Å². The largest absolute Gasteiger partial charge is 0.363 e. The maximum Gasteiger partial charge on any atom is 0.270 e. The highest BCUT2D eigenvalue weighted by atomic mass is 16.2. The number of H-pyrrole nitrogens is 1. The Morgan fingerprint density at radius 3 is 2.59 bits per heavy atom. The van der Waals surface area contributed by atoms with E-state index in [1.807, 2.05) is 55.5 Å². The molecule has 4 heterocycles. The Bertz CT molecular complexity index is 1050. The van der Waals surface area contributed by atoms with E-state index >= 15 is 0 Å². The van der Waals surface area contributed by atoms with Gasteiger partial charge in [-0.25, -0.2) is 9.97 Å². The van der Waals surface area contributed by atoms with Crippen molar-refractivity contribution in [1.29, 1.82) is 0 Å². The SMILES string of the molecule is CN(C)c1ccc(-c2ccc3cc(C(=O)N4CCC45CCCCC5)[nH]c3n2)cn1. The molecule has 0 aromatic carbocycles. The van der Waals surface area contributed by atoms with Gasteiger partial charge in [0.1, 0.15) is 17.2 Å². The fourth-order valence-corrected chi connectivity index (χ4v) is 4.82. The molecule has 0 radical (unpaired) electrons. The Labute approximate surface area is 171 Å². The van der Waals surface area contributed by atoms with Gasteiger partial charge < -0.3 is 14.8 Å². The third-order valence-electron chi connectivity index (χ3n) is 6.61. The lowest BCUT2D eigenvalue weighted by Crippen LogP contribution is -2.62. The number of fused-ring (bicyclic) bond motifs is 1. The Kier molecular flexibility index (Phi) is 4.30. The highest BCUT2D eigenvalue weighted by Gasteiger charge is 2.47. The van der Waals surface area contributed by atoms with E-state index in [-0.39, 0.29) is 11.4 Å². The predicted molar refractivity (Wildman–Crippen MR) is 115 cm³/mol. The summed E-state index contributed by atoms with van der Waals surface area (Å²) in [5.74, 6) is 1.03. The van der Waals surface area contributed by atoms with Crippen molar-refractivity contribution in [2.75, 3.05) is 25.5 Å². The normalized spacial score (nSPS) is 18.1. The monoisotopic (exact) mass is 389 g/mol. The molecule has 2 fully saturated rings. The average Bonchev–Trinajstić information content (AvgIpc) is 3.17. The summed E-state index contributed by atoms with van der Waals surface area (Å²) in [7, 11) is 3.94. The molecule has 5 rings (SSSR count). The van der Waals surface area contributed by atoms with E-state index in [0.29, 0.717) is 5.69 Å². The first-order chi connectivity index (χ1) is 14.1. The summed E-state index contributed by atoms with van der Waals surface area (Å²) in [6.07, 6.45) is 9.06. The summed E-state index contributed by atoms with van der Waals surface area (Å²) >= 11 is 0. The first-order valence-electron chi connectivity index (χ1n) is 10.5. The third kappa shape index (κ3) is 3.07. The number of anilines is 1. The van der Waals surface area contributed by atoms with E-state index < -0.39 is 0 Å². The molecule has 1 aliphatic heterocycles. The smallest absolute Gasteiger partial charge is 0.270 e. The minimum atomic E-state index is 0.116. The van der Waals surface area contributed by atoms with Crippen LogP contribution in [-0.2, 0) is 0 Å². The molecule has 1 N–H and O–H groups in total. The van der Waals surface area contributed by atoms with Gasteiger partial charge in [0.05, 0.1) is 5.69 Å². The van der Waals surface area contributed by atoms with Crippen molar-refractivity contribution in [3.63, 3.8) is 0 Å². The summed E-state index contributed by atoms with van der Waals surface area (Å²) in [6.45, 7) is 0.872. The van der Waals surface area contributed by atoms with Gasteiger partial charge in [-0.3, -0.25) is 4.79 Å². The zero-order valence-electron chi connectivity index (χ0n) is 17.1. The predicted octanol–water partition coefficient (Wildman–Crippen LogP) is 4.24. The lowest BCUT2D eigenvalue weighted by atomic mass is 9.72. The van der Waals surface area contributed by atoms with E-state index in [0.717, 1.165) is 53.9 Å². The van der Waals surface area contributed by atoms with E-state index in [2.05, 4.69) is 14.9 Å². The van der Waals surface area contributed by atoms with Crippen LogP contribution in [0.3, 0.4) is 0 Å². The maximum absolute atomic E-state index is 13.2. The van der Waals surface area contributed by atoms with Crippen LogP contribution < -0.4 is 4.90 Å². The van der Waals surface area contributed by atoms with Crippen LogP contribution in [0.4, 0.5) is 5.82 Å². The van der Waals surface area contributed by atoms with Crippen LogP contribution in [0.1, 0.15) is 49.0 Å².